The molecule has 2 nitrogen and oxygen atoms in total. The number of anilines is 1. The van der Waals surface area contributed by atoms with Crippen molar-refractivity contribution in [2.24, 2.45) is 5.41 Å². The topological polar surface area (TPSA) is 15.3 Å². The van der Waals surface area contributed by atoms with Gasteiger partial charge in [-0.05, 0) is 44.0 Å². The van der Waals surface area contributed by atoms with Crippen molar-refractivity contribution in [1.29, 1.82) is 0 Å². The number of benzene rings is 1. The molecule has 98 valence electrons. The lowest BCUT2D eigenvalue weighted by Crippen LogP contribution is -2.59. The highest BCUT2D eigenvalue weighted by atomic mass is 15.2. The van der Waals surface area contributed by atoms with E-state index in [4.69, 9.17) is 0 Å². The highest BCUT2D eigenvalue weighted by molar-refractivity contribution is 5.52. The molecule has 1 heterocycles. The maximum atomic E-state index is 3.48. The maximum Gasteiger partial charge on any atom is 0.0369 e. The summed E-state index contributed by atoms with van der Waals surface area (Å²) >= 11 is 0. The molecule has 0 radical (unpaired) electrons. The summed E-state index contributed by atoms with van der Waals surface area (Å²) in [7, 11) is 0. The van der Waals surface area contributed by atoms with E-state index in [2.05, 4.69) is 48.3 Å². The van der Waals surface area contributed by atoms with E-state index in [0.717, 1.165) is 6.54 Å². The second kappa shape index (κ2) is 4.58. The Labute approximate surface area is 110 Å². The summed E-state index contributed by atoms with van der Waals surface area (Å²) in [6.07, 6.45) is 4.36. The molecule has 1 aromatic carbocycles. The first kappa shape index (κ1) is 12.0. The van der Waals surface area contributed by atoms with Crippen LogP contribution in [0.2, 0.25) is 0 Å². The van der Waals surface area contributed by atoms with Gasteiger partial charge >= 0.3 is 0 Å². The van der Waals surface area contributed by atoms with Gasteiger partial charge in [0, 0.05) is 30.2 Å². The number of rotatable bonds is 4. The van der Waals surface area contributed by atoms with Crippen molar-refractivity contribution in [2.45, 2.75) is 39.2 Å². The summed E-state index contributed by atoms with van der Waals surface area (Å²) in [6.45, 7) is 8.00. The van der Waals surface area contributed by atoms with Crippen molar-refractivity contribution < 1.29 is 0 Å². The van der Waals surface area contributed by atoms with Crippen LogP contribution in [0, 0.1) is 5.41 Å². The average Bonchev–Trinajstić information content (AvgIpc) is 2.26. The lowest BCUT2D eigenvalue weighted by molar-refractivity contribution is 0.0904. The van der Waals surface area contributed by atoms with E-state index in [0.29, 0.717) is 11.5 Å². The Morgan fingerprint density at radius 1 is 1.33 bits per heavy atom. The van der Waals surface area contributed by atoms with Crippen molar-refractivity contribution >= 4 is 5.69 Å². The van der Waals surface area contributed by atoms with E-state index in [9.17, 15) is 0 Å². The number of hydrogen-bond donors (Lipinski definition) is 1. The fourth-order valence-electron chi connectivity index (χ4n) is 3.35. The maximum absolute atomic E-state index is 3.48. The first-order valence-electron chi connectivity index (χ1n) is 7.31. The van der Waals surface area contributed by atoms with Crippen LogP contribution in [0.1, 0.15) is 44.7 Å². The van der Waals surface area contributed by atoms with Gasteiger partial charge in [-0.3, -0.25) is 0 Å². The Morgan fingerprint density at radius 3 is 2.72 bits per heavy atom. The molecule has 1 aromatic rings. The van der Waals surface area contributed by atoms with Gasteiger partial charge in [0.1, 0.15) is 0 Å². The monoisotopic (exact) mass is 244 g/mol. The molecule has 1 aliphatic carbocycles. The zero-order valence-electron chi connectivity index (χ0n) is 11.6. The smallest absolute Gasteiger partial charge is 0.0369 e. The molecule has 1 unspecified atom stereocenters. The van der Waals surface area contributed by atoms with E-state index in [1.165, 1.54) is 43.6 Å². The molecule has 1 saturated heterocycles. The Bertz CT molecular complexity index is 415. The molecule has 1 aliphatic heterocycles. The summed E-state index contributed by atoms with van der Waals surface area (Å²) in [6, 6.07) is 9.50. The van der Waals surface area contributed by atoms with Crippen molar-refractivity contribution in [2.75, 3.05) is 24.5 Å². The summed E-state index contributed by atoms with van der Waals surface area (Å²) < 4.78 is 0. The third kappa shape index (κ3) is 2.03. The van der Waals surface area contributed by atoms with Crippen molar-refractivity contribution in [3.8, 4) is 0 Å². The van der Waals surface area contributed by atoms with E-state index < -0.39 is 0 Å². The molecule has 1 atom stereocenters. The fourth-order valence-corrected chi connectivity index (χ4v) is 3.35. The van der Waals surface area contributed by atoms with Gasteiger partial charge in [0.05, 0.1) is 0 Å². The van der Waals surface area contributed by atoms with Gasteiger partial charge in [-0.1, -0.05) is 25.5 Å². The number of nitrogens with one attached hydrogen (secondary N) is 1. The predicted molar refractivity (Wildman–Crippen MR) is 77.0 cm³/mol. The molecule has 0 amide bonds. The quantitative estimate of drug-likeness (QED) is 0.874. The molecule has 2 heteroatoms. The van der Waals surface area contributed by atoms with Crippen molar-refractivity contribution in [1.82, 2.24) is 5.32 Å². The van der Waals surface area contributed by atoms with Crippen LogP contribution >= 0.6 is 0 Å². The van der Waals surface area contributed by atoms with Gasteiger partial charge in [0.15, 0.2) is 0 Å². The summed E-state index contributed by atoms with van der Waals surface area (Å²) in [5.41, 5.74) is 3.53. The van der Waals surface area contributed by atoms with Crippen LogP contribution < -0.4 is 10.2 Å². The minimum absolute atomic E-state index is 0.453. The predicted octanol–water partition coefficient (Wildman–Crippen LogP) is 3.35. The van der Waals surface area contributed by atoms with E-state index in [1.54, 1.807) is 0 Å². The average molecular weight is 244 g/mol. The zero-order valence-corrected chi connectivity index (χ0v) is 11.6. The lowest BCUT2D eigenvalue weighted by atomic mass is 9.63. The molecule has 18 heavy (non-hydrogen) atoms. The van der Waals surface area contributed by atoms with Gasteiger partial charge in [0.25, 0.3) is 0 Å². The Balaban J connectivity index is 1.68. The largest absolute Gasteiger partial charge is 0.370 e. The molecule has 1 N–H and O–H groups in total. The fraction of sp³-hybridized carbons (Fsp3) is 0.625. The minimum Gasteiger partial charge on any atom is -0.370 e. The molecular weight excluding hydrogens is 220 g/mol. The van der Waals surface area contributed by atoms with Crippen LogP contribution in [0.5, 0.6) is 0 Å². The Morgan fingerprint density at radius 2 is 2.11 bits per heavy atom. The Hall–Kier alpha value is -1.02. The standard InChI is InChI=1S/C16H24N2/c1-3-17-13(2)14-6-4-7-15(10-14)18-11-16(12-18)8-5-9-16/h4,6-7,10,13,17H,3,5,8-9,11-12H2,1-2H3. The minimum atomic E-state index is 0.453. The summed E-state index contributed by atoms with van der Waals surface area (Å²) in [5, 5.41) is 3.48. The molecule has 0 bridgehead atoms. The second-order valence-electron chi connectivity index (χ2n) is 6.08. The molecular formula is C16H24N2. The molecule has 2 fully saturated rings. The van der Waals surface area contributed by atoms with E-state index in [1.807, 2.05) is 0 Å². The first-order valence-corrected chi connectivity index (χ1v) is 7.31. The van der Waals surface area contributed by atoms with Gasteiger partial charge in [0.2, 0.25) is 0 Å². The van der Waals surface area contributed by atoms with Gasteiger partial charge in [-0.2, -0.15) is 0 Å². The highest BCUT2D eigenvalue weighted by Gasteiger charge is 2.47. The van der Waals surface area contributed by atoms with Crippen LogP contribution in [0.15, 0.2) is 24.3 Å². The Kier molecular flexibility index (Phi) is 3.06. The first-order chi connectivity index (χ1) is 8.72. The molecule has 3 rings (SSSR count). The van der Waals surface area contributed by atoms with Gasteiger partial charge in [-0.15, -0.1) is 0 Å². The summed E-state index contributed by atoms with van der Waals surface area (Å²) in [4.78, 5) is 2.54. The van der Waals surface area contributed by atoms with Gasteiger partial charge < -0.3 is 10.2 Å². The van der Waals surface area contributed by atoms with Crippen LogP contribution in [0.4, 0.5) is 5.69 Å². The van der Waals surface area contributed by atoms with Crippen LogP contribution in [-0.4, -0.2) is 19.6 Å². The number of nitrogens with zero attached hydrogens (tertiary/aromatic N) is 1. The van der Waals surface area contributed by atoms with Crippen LogP contribution in [0.3, 0.4) is 0 Å². The summed E-state index contributed by atoms with van der Waals surface area (Å²) in [5.74, 6) is 0. The normalized spacial score (nSPS) is 22.4. The number of hydrogen-bond acceptors (Lipinski definition) is 2. The molecule has 1 spiro atoms. The third-order valence-electron chi connectivity index (χ3n) is 4.71. The van der Waals surface area contributed by atoms with Gasteiger partial charge in [-0.25, -0.2) is 0 Å². The van der Waals surface area contributed by atoms with Crippen LogP contribution in [-0.2, 0) is 0 Å². The van der Waals surface area contributed by atoms with Crippen molar-refractivity contribution in [3.63, 3.8) is 0 Å². The van der Waals surface area contributed by atoms with Crippen LogP contribution in [0.25, 0.3) is 0 Å². The molecule has 0 aromatic heterocycles. The highest BCUT2D eigenvalue weighted by Crippen LogP contribution is 2.49. The molecule has 2 aliphatic rings. The SMILES string of the molecule is CCNC(C)c1cccc(N2CC3(CCC3)C2)c1. The zero-order chi connectivity index (χ0) is 12.6. The van der Waals surface area contributed by atoms with E-state index in [-0.39, 0.29) is 0 Å². The second-order valence-corrected chi connectivity index (χ2v) is 6.08. The third-order valence-corrected chi connectivity index (χ3v) is 4.71. The lowest BCUT2D eigenvalue weighted by Gasteiger charge is -2.57. The molecule has 1 saturated carbocycles. The van der Waals surface area contributed by atoms with E-state index >= 15 is 0 Å². The van der Waals surface area contributed by atoms with Crippen molar-refractivity contribution in [3.05, 3.63) is 29.8 Å².